The molecule has 0 radical (unpaired) electrons. The first kappa shape index (κ1) is 27.3. The van der Waals surface area contributed by atoms with Crippen molar-refractivity contribution in [1.29, 1.82) is 0 Å². The molecule has 0 rings (SSSR count). The van der Waals surface area contributed by atoms with E-state index in [0.29, 0.717) is 6.61 Å². The Kier molecular flexibility index (Phi) is 23.2. The Hall–Kier alpha value is 1.47. The summed E-state index contributed by atoms with van der Waals surface area (Å²) in [4.78, 5) is 11.5. The van der Waals surface area contributed by atoms with Gasteiger partial charge in [-0.3, -0.25) is 4.79 Å². The van der Waals surface area contributed by atoms with Crippen LogP contribution in [0.5, 0.6) is 0 Å². The zero-order valence-electron chi connectivity index (χ0n) is 13.6. The normalized spacial score (nSPS) is 10.5. The van der Waals surface area contributed by atoms with E-state index < -0.39 is 0 Å². The second kappa shape index (κ2) is 17.8. The molecule has 0 amide bonds. The first-order valence-electron chi connectivity index (χ1n) is 8.15. The molecule has 2 nitrogen and oxygen atoms in total. The number of esters is 1. The molecule has 0 bridgehead atoms. The van der Waals surface area contributed by atoms with E-state index in [9.17, 15) is 4.79 Å². The van der Waals surface area contributed by atoms with Gasteiger partial charge in [-0.05, 0) is 27.2 Å². The topological polar surface area (TPSA) is 26.3 Å². The monoisotopic (exact) mass is 318 g/mol. The summed E-state index contributed by atoms with van der Waals surface area (Å²) in [5, 5.41) is 0. The van der Waals surface area contributed by atoms with Gasteiger partial charge >= 0.3 is 65.1 Å². The first-order valence-corrected chi connectivity index (χ1v) is 8.15. The quantitative estimate of drug-likeness (QED) is 0.324. The van der Waals surface area contributed by atoms with Crippen molar-refractivity contribution < 1.29 is 9.53 Å². The Balaban J connectivity index is -0.00000162. The number of ether oxygens (including phenoxy) is 1. The molecule has 0 aromatic heterocycles. The third-order valence-electron chi connectivity index (χ3n) is 3.34. The predicted molar refractivity (Wildman–Crippen MR) is 96.6 cm³/mol. The summed E-state index contributed by atoms with van der Waals surface area (Å²) >= 11 is 0. The number of unbranched alkanes of at least 4 members (excludes halogenated alkanes) is 9. The van der Waals surface area contributed by atoms with Crippen molar-refractivity contribution in [2.45, 2.75) is 91.9 Å². The van der Waals surface area contributed by atoms with Gasteiger partial charge in [-0.1, -0.05) is 64.7 Å². The molecule has 0 aliphatic carbocycles. The van der Waals surface area contributed by atoms with Crippen molar-refractivity contribution in [1.82, 2.24) is 0 Å². The van der Waals surface area contributed by atoms with E-state index in [2.05, 4.69) is 6.92 Å². The molecular formula is C17H36Na2O2. The van der Waals surface area contributed by atoms with Crippen LogP contribution < -0.4 is 0 Å². The summed E-state index contributed by atoms with van der Waals surface area (Å²) in [6.07, 6.45) is 13.1. The molecule has 21 heavy (non-hydrogen) atoms. The zero-order chi connectivity index (χ0) is 14.6. The number of rotatable bonds is 11. The number of hydrogen-bond donors (Lipinski definition) is 0. The van der Waals surface area contributed by atoms with Gasteiger partial charge in [0.05, 0.1) is 12.0 Å². The molecule has 0 aromatic rings. The van der Waals surface area contributed by atoms with Crippen LogP contribution in [0.3, 0.4) is 0 Å². The van der Waals surface area contributed by atoms with Crippen molar-refractivity contribution in [3.8, 4) is 0 Å². The maximum atomic E-state index is 11.5. The molecule has 4 heteroatoms. The fourth-order valence-corrected chi connectivity index (χ4v) is 1.97. The van der Waals surface area contributed by atoms with Crippen LogP contribution in [0.15, 0.2) is 0 Å². The maximum absolute atomic E-state index is 11.5. The number of hydrogen-bond acceptors (Lipinski definition) is 2. The van der Waals surface area contributed by atoms with Gasteiger partial charge in [-0.15, -0.1) is 0 Å². The average molecular weight is 318 g/mol. The Morgan fingerprint density at radius 2 is 1.14 bits per heavy atom. The van der Waals surface area contributed by atoms with Crippen LogP contribution in [0.4, 0.5) is 0 Å². The van der Waals surface area contributed by atoms with Crippen molar-refractivity contribution in [3.05, 3.63) is 0 Å². The second-order valence-corrected chi connectivity index (χ2v) is 6.57. The van der Waals surface area contributed by atoms with E-state index >= 15 is 0 Å². The fraction of sp³-hybridized carbons (Fsp3) is 0.941. The predicted octanol–water partition coefficient (Wildman–Crippen LogP) is 4.20. The Morgan fingerprint density at radius 3 is 1.52 bits per heavy atom. The molecule has 0 aliphatic rings. The Labute approximate surface area is 177 Å². The van der Waals surface area contributed by atoms with Crippen LogP contribution in [0, 0.1) is 5.41 Å². The first-order chi connectivity index (χ1) is 8.98. The SMILES string of the molecule is CCCCCCCCCCCCOC(=O)C(C)(C)C.[NaH].[NaH]. The third-order valence-corrected chi connectivity index (χ3v) is 3.34. The van der Waals surface area contributed by atoms with Gasteiger partial charge in [0, 0.05) is 0 Å². The van der Waals surface area contributed by atoms with Crippen molar-refractivity contribution in [2.24, 2.45) is 5.41 Å². The summed E-state index contributed by atoms with van der Waals surface area (Å²) < 4.78 is 5.24. The number of carbonyl (C=O) groups excluding carboxylic acids is 1. The van der Waals surface area contributed by atoms with E-state index in [1.54, 1.807) is 0 Å². The summed E-state index contributed by atoms with van der Waals surface area (Å²) in [7, 11) is 0. The Bertz CT molecular complexity index is 225. The molecule has 0 aromatic carbocycles. The molecule has 0 heterocycles. The summed E-state index contributed by atoms with van der Waals surface area (Å²) in [5.74, 6) is -0.0802. The minimum atomic E-state index is -0.363. The van der Waals surface area contributed by atoms with Gasteiger partial charge in [0.1, 0.15) is 0 Å². The molecule has 0 fully saturated rings. The molecule has 0 unspecified atom stereocenters. The van der Waals surface area contributed by atoms with Gasteiger partial charge in [0.15, 0.2) is 0 Å². The molecular weight excluding hydrogens is 282 g/mol. The van der Waals surface area contributed by atoms with Crippen LogP contribution in [-0.2, 0) is 9.53 Å². The molecule has 0 saturated carbocycles. The summed E-state index contributed by atoms with van der Waals surface area (Å²) in [5.41, 5.74) is -0.363. The zero-order valence-corrected chi connectivity index (χ0v) is 13.6. The molecule has 0 aliphatic heterocycles. The average Bonchev–Trinajstić information content (AvgIpc) is 2.34. The molecule has 0 spiro atoms. The van der Waals surface area contributed by atoms with E-state index in [0.717, 1.165) is 6.42 Å². The van der Waals surface area contributed by atoms with Crippen LogP contribution in [-0.4, -0.2) is 71.7 Å². The van der Waals surface area contributed by atoms with E-state index in [1.807, 2.05) is 20.8 Å². The van der Waals surface area contributed by atoms with Crippen LogP contribution in [0.1, 0.15) is 91.9 Å². The standard InChI is InChI=1S/C17H34O2.2Na.2H/c1-5-6-7-8-9-10-11-12-13-14-15-19-16(18)17(2,3)4;;;;/h5-15H2,1-4H3;;;;. The van der Waals surface area contributed by atoms with Gasteiger partial charge < -0.3 is 4.74 Å². The minimum absolute atomic E-state index is 0. The van der Waals surface area contributed by atoms with Gasteiger partial charge in [0.2, 0.25) is 0 Å². The Morgan fingerprint density at radius 1 is 0.762 bits per heavy atom. The van der Waals surface area contributed by atoms with E-state index in [1.165, 1.54) is 57.8 Å². The van der Waals surface area contributed by atoms with Gasteiger partial charge in [-0.25, -0.2) is 0 Å². The fourth-order valence-electron chi connectivity index (χ4n) is 1.97. The number of carbonyl (C=O) groups is 1. The summed E-state index contributed by atoms with van der Waals surface area (Å²) in [6, 6.07) is 0. The summed E-state index contributed by atoms with van der Waals surface area (Å²) in [6.45, 7) is 8.54. The van der Waals surface area contributed by atoms with Crippen LogP contribution >= 0.6 is 0 Å². The van der Waals surface area contributed by atoms with Gasteiger partial charge in [-0.2, -0.15) is 0 Å². The van der Waals surface area contributed by atoms with Crippen molar-refractivity contribution in [2.75, 3.05) is 6.61 Å². The molecule has 0 N–H and O–H groups in total. The molecule has 118 valence electrons. The van der Waals surface area contributed by atoms with Crippen LogP contribution in [0.25, 0.3) is 0 Å². The molecule has 0 atom stereocenters. The van der Waals surface area contributed by atoms with Crippen molar-refractivity contribution in [3.63, 3.8) is 0 Å². The van der Waals surface area contributed by atoms with Gasteiger partial charge in [0.25, 0.3) is 0 Å². The van der Waals surface area contributed by atoms with E-state index in [-0.39, 0.29) is 70.5 Å². The molecule has 0 saturated heterocycles. The third kappa shape index (κ3) is 19.4. The van der Waals surface area contributed by atoms with Crippen LogP contribution in [0.2, 0.25) is 0 Å². The van der Waals surface area contributed by atoms with Crippen molar-refractivity contribution >= 4 is 65.1 Å². The van der Waals surface area contributed by atoms with E-state index in [4.69, 9.17) is 4.74 Å². The second-order valence-electron chi connectivity index (χ2n) is 6.57.